The Balaban J connectivity index is 2.26. The van der Waals surface area contributed by atoms with Crippen LogP contribution in [0.4, 0.5) is 18.9 Å². The van der Waals surface area contributed by atoms with Gasteiger partial charge in [0.05, 0.1) is 27.7 Å². The molecule has 0 radical (unpaired) electrons. The molecule has 0 aliphatic carbocycles. The second kappa shape index (κ2) is 5.75. The Morgan fingerprint density at radius 2 is 2.09 bits per heavy atom. The Labute approximate surface area is 132 Å². The Hall–Kier alpha value is -1.84. The monoisotopic (exact) mass is 379 g/mol. The van der Waals surface area contributed by atoms with Crippen molar-refractivity contribution < 1.29 is 18.0 Å². The van der Waals surface area contributed by atoms with Gasteiger partial charge >= 0.3 is 6.18 Å². The molecule has 120 valence electrons. The van der Waals surface area contributed by atoms with Crippen molar-refractivity contribution in [1.82, 2.24) is 20.0 Å². The summed E-state index contributed by atoms with van der Waals surface area (Å²) in [5.74, 6) is -0.617. The van der Waals surface area contributed by atoms with Gasteiger partial charge in [-0.25, -0.2) is 0 Å². The Morgan fingerprint density at radius 3 is 2.59 bits per heavy atom. The van der Waals surface area contributed by atoms with Crippen LogP contribution in [0, 0.1) is 13.8 Å². The van der Waals surface area contributed by atoms with E-state index in [9.17, 15) is 18.0 Å². The van der Waals surface area contributed by atoms with Crippen molar-refractivity contribution in [2.75, 3.05) is 5.32 Å². The van der Waals surface area contributed by atoms with Gasteiger partial charge in [0.2, 0.25) is 5.91 Å². The molecule has 10 heteroatoms. The summed E-state index contributed by atoms with van der Waals surface area (Å²) < 4.78 is 40.7. The summed E-state index contributed by atoms with van der Waals surface area (Å²) >= 11 is 3.26. The molecule has 0 saturated heterocycles. The van der Waals surface area contributed by atoms with Gasteiger partial charge in [-0.1, -0.05) is 0 Å². The van der Waals surface area contributed by atoms with Crippen molar-refractivity contribution in [2.45, 2.75) is 33.0 Å². The first kappa shape index (κ1) is 16.5. The zero-order valence-electron chi connectivity index (χ0n) is 11.9. The fourth-order valence-corrected chi connectivity index (χ4v) is 2.19. The summed E-state index contributed by atoms with van der Waals surface area (Å²) in [7, 11) is 0. The van der Waals surface area contributed by atoms with E-state index in [1.54, 1.807) is 13.8 Å². The van der Waals surface area contributed by atoms with Crippen LogP contribution in [-0.2, 0) is 11.0 Å². The zero-order chi connectivity index (χ0) is 16.7. The highest BCUT2D eigenvalue weighted by atomic mass is 79.9. The average molecular weight is 380 g/mol. The van der Waals surface area contributed by atoms with Crippen LogP contribution in [0.15, 0.2) is 10.7 Å². The van der Waals surface area contributed by atoms with Gasteiger partial charge in [-0.3, -0.25) is 14.6 Å². The highest BCUT2D eigenvalue weighted by molar-refractivity contribution is 9.10. The molecule has 2 N–H and O–H groups in total. The third kappa shape index (κ3) is 3.01. The van der Waals surface area contributed by atoms with E-state index in [1.165, 1.54) is 17.8 Å². The minimum atomic E-state index is -4.65. The van der Waals surface area contributed by atoms with Gasteiger partial charge in [-0.15, -0.1) is 0 Å². The summed E-state index contributed by atoms with van der Waals surface area (Å²) in [6.45, 7) is 4.69. The molecule has 0 aromatic carbocycles. The minimum absolute atomic E-state index is 0.131. The first-order valence-electron chi connectivity index (χ1n) is 6.25. The van der Waals surface area contributed by atoms with Crippen LogP contribution in [-0.4, -0.2) is 25.9 Å². The number of hydrogen-bond acceptors (Lipinski definition) is 3. The number of carbonyl (C=O) groups is 1. The highest BCUT2D eigenvalue weighted by Crippen LogP contribution is 2.35. The SMILES string of the molecule is Cc1[nH]nc(C(F)(F)F)c1NC(=O)C(C)n1ncc(Br)c1C. The fourth-order valence-electron chi connectivity index (χ4n) is 1.92. The van der Waals surface area contributed by atoms with Crippen molar-refractivity contribution in [3.05, 3.63) is 27.8 Å². The van der Waals surface area contributed by atoms with Crippen molar-refractivity contribution in [3.63, 3.8) is 0 Å². The maximum atomic E-state index is 12.8. The zero-order valence-corrected chi connectivity index (χ0v) is 13.5. The molecule has 0 aliphatic heterocycles. The summed E-state index contributed by atoms with van der Waals surface area (Å²) in [6, 6.07) is -0.776. The van der Waals surface area contributed by atoms with E-state index < -0.39 is 23.8 Å². The topological polar surface area (TPSA) is 75.6 Å². The molecular formula is C12H13BrF3N5O. The maximum Gasteiger partial charge on any atom is 0.437 e. The molecule has 0 aliphatic rings. The second-order valence-electron chi connectivity index (χ2n) is 4.76. The number of H-pyrrole nitrogens is 1. The van der Waals surface area contributed by atoms with Crippen LogP contribution < -0.4 is 5.32 Å². The van der Waals surface area contributed by atoms with Gasteiger partial charge < -0.3 is 5.32 Å². The van der Waals surface area contributed by atoms with Crippen molar-refractivity contribution in [2.24, 2.45) is 0 Å². The number of alkyl halides is 3. The molecule has 6 nitrogen and oxygen atoms in total. The summed E-state index contributed by atoms with van der Waals surface area (Å²) in [5, 5.41) is 11.7. The molecule has 1 amide bonds. The quantitative estimate of drug-likeness (QED) is 0.859. The van der Waals surface area contributed by atoms with Gasteiger partial charge in [-0.2, -0.15) is 23.4 Å². The third-order valence-electron chi connectivity index (χ3n) is 3.19. The normalized spacial score (nSPS) is 13.2. The van der Waals surface area contributed by atoms with Crippen molar-refractivity contribution in [3.8, 4) is 0 Å². The molecule has 0 bridgehead atoms. The molecular weight excluding hydrogens is 367 g/mol. The van der Waals surface area contributed by atoms with Crippen LogP contribution in [0.1, 0.15) is 30.0 Å². The number of aryl methyl sites for hydroxylation is 1. The van der Waals surface area contributed by atoms with Crippen LogP contribution in [0.25, 0.3) is 0 Å². The van der Waals surface area contributed by atoms with Gasteiger partial charge in [0.25, 0.3) is 0 Å². The molecule has 0 fully saturated rings. The first-order valence-corrected chi connectivity index (χ1v) is 7.04. The smallest absolute Gasteiger partial charge is 0.321 e. The largest absolute Gasteiger partial charge is 0.437 e. The number of aromatic amines is 1. The molecule has 2 rings (SSSR count). The highest BCUT2D eigenvalue weighted by Gasteiger charge is 2.38. The number of anilines is 1. The Bertz CT molecular complexity index is 706. The number of halogens is 4. The van der Waals surface area contributed by atoms with E-state index >= 15 is 0 Å². The third-order valence-corrected chi connectivity index (χ3v) is 3.97. The molecule has 22 heavy (non-hydrogen) atoms. The summed E-state index contributed by atoms with van der Waals surface area (Å²) in [6.07, 6.45) is -3.13. The van der Waals surface area contributed by atoms with E-state index in [0.29, 0.717) is 10.2 Å². The predicted octanol–water partition coefficient (Wildman–Crippen LogP) is 3.20. The molecule has 0 saturated carbocycles. The van der Waals surface area contributed by atoms with E-state index in [2.05, 4.69) is 36.5 Å². The van der Waals surface area contributed by atoms with Crippen molar-refractivity contribution in [1.29, 1.82) is 0 Å². The van der Waals surface area contributed by atoms with E-state index in [4.69, 9.17) is 0 Å². The lowest BCUT2D eigenvalue weighted by atomic mass is 10.2. The molecule has 2 aromatic heterocycles. The first-order chi connectivity index (χ1) is 10.1. The van der Waals surface area contributed by atoms with Crippen molar-refractivity contribution >= 4 is 27.5 Å². The van der Waals surface area contributed by atoms with Gasteiger partial charge in [0, 0.05) is 0 Å². The number of aromatic nitrogens is 4. The number of nitrogens with zero attached hydrogens (tertiary/aromatic N) is 3. The molecule has 2 heterocycles. The summed E-state index contributed by atoms with van der Waals surface area (Å²) in [5.41, 5.74) is -0.689. The summed E-state index contributed by atoms with van der Waals surface area (Å²) in [4.78, 5) is 12.2. The van der Waals surface area contributed by atoms with Gasteiger partial charge in [0.15, 0.2) is 5.69 Å². The molecule has 1 unspecified atom stereocenters. The number of amides is 1. The number of rotatable bonds is 3. The Morgan fingerprint density at radius 1 is 1.45 bits per heavy atom. The van der Waals surface area contributed by atoms with Crippen LogP contribution in [0.3, 0.4) is 0 Å². The fraction of sp³-hybridized carbons (Fsp3) is 0.417. The van der Waals surface area contributed by atoms with Crippen LogP contribution in [0.5, 0.6) is 0 Å². The minimum Gasteiger partial charge on any atom is -0.321 e. The molecule has 1 atom stereocenters. The molecule has 0 spiro atoms. The van der Waals surface area contributed by atoms with Crippen LogP contribution >= 0.6 is 15.9 Å². The Kier molecular flexibility index (Phi) is 4.32. The van der Waals surface area contributed by atoms with E-state index in [0.717, 1.165) is 0 Å². The van der Waals surface area contributed by atoms with Crippen LogP contribution in [0.2, 0.25) is 0 Å². The lowest BCUT2D eigenvalue weighted by molar-refractivity contribution is -0.140. The lowest BCUT2D eigenvalue weighted by Gasteiger charge is -2.15. The number of carbonyl (C=O) groups excluding carboxylic acids is 1. The average Bonchev–Trinajstić information content (AvgIpc) is 2.94. The van der Waals surface area contributed by atoms with E-state index in [-0.39, 0.29) is 11.4 Å². The number of hydrogen-bond donors (Lipinski definition) is 2. The molecule has 2 aromatic rings. The van der Waals surface area contributed by atoms with E-state index in [1.807, 2.05) is 0 Å². The maximum absolute atomic E-state index is 12.8. The number of nitrogens with one attached hydrogen (secondary N) is 2. The van der Waals surface area contributed by atoms with Gasteiger partial charge in [0.1, 0.15) is 6.04 Å². The van der Waals surface area contributed by atoms with Gasteiger partial charge in [-0.05, 0) is 36.7 Å². The second-order valence-corrected chi connectivity index (χ2v) is 5.61. The standard InChI is InChI=1S/C12H13BrF3N5O/c1-5-9(10(20-19-5)12(14,15)16)18-11(22)7(3)21-6(2)8(13)4-17-21/h4,7H,1-3H3,(H,18,22)(H,19,20). The predicted molar refractivity (Wildman–Crippen MR) is 76.3 cm³/mol. The lowest BCUT2D eigenvalue weighted by Crippen LogP contribution is -2.26.